The predicted octanol–water partition coefficient (Wildman–Crippen LogP) is 3.65. The molecular formula is C17H19N3O2. The number of fused-ring (bicyclic) bond motifs is 1. The molecule has 0 bridgehead atoms. The van der Waals surface area contributed by atoms with E-state index in [1.165, 1.54) is 16.5 Å². The van der Waals surface area contributed by atoms with Gasteiger partial charge in [0, 0.05) is 23.4 Å². The summed E-state index contributed by atoms with van der Waals surface area (Å²) in [5.41, 5.74) is 5.70. The van der Waals surface area contributed by atoms with E-state index in [1.807, 2.05) is 0 Å². The molecule has 22 heavy (non-hydrogen) atoms. The highest BCUT2D eigenvalue weighted by Crippen LogP contribution is 2.32. The number of benzene rings is 1. The SMILES string of the molecule is Cc1cc(C)c2[nH]c(-c3nc([C@H]4CCOC4)no3)c(C)c2c1. The summed E-state index contributed by atoms with van der Waals surface area (Å²) in [6, 6.07) is 4.37. The molecule has 2 aromatic heterocycles. The van der Waals surface area contributed by atoms with Crippen LogP contribution in [-0.2, 0) is 4.74 Å². The molecule has 1 atom stereocenters. The molecule has 0 saturated carbocycles. The Morgan fingerprint density at radius 3 is 2.86 bits per heavy atom. The van der Waals surface area contributed by atoms with Gasteiger partial charge in [-0.3, -0.25) is 0 Å². The molecule has 1 aliphatic heterocycles. The summed E-state index contributed by atoms with van der Waals surface area (Å²) in [4.78, 5) is 8.03. The van der Waals surface area contributed by atoms with Crippen molar-refractivity contribution < 1.29 is 9.26 Å². The number of aromatic amines is 1. The van der Waals surface area contributed by atoms with Crippen molar-refractivity contribution in [1.82, 2.24) is 15.1 Å². The molecule has 4 rings (SSSR count). The fourth-order valence-corrected chi connectivity index (χ4v) is 3.24. The smallest absolute Gasteiger partial charge is 0.274 e. The van der Waals surface area contributed by atoms with Gasteiger partial charge in [-0.1, -0.05) is 16.8 Å². The molecule has 114 valence electrons. The summed E-state index contributed by atoms with van der Waals surface area (Å²) in [5, 5.41) is 5.36. The Hall–Kier alpha value is -2.14. The van der Waals surface area contributed by atoms with Crippen LogP contribution >= 0.6 is 0 Å². The van der Waals surface area contributed by atoms with Gasteiger partial charge in [0.2, 0.25) is 0 Å². The third-order valence-electron chi connectivity index (χ3n) is 4.46. The zero-order chi connectivity index (χ0) is 15.3. The van der Waals surface area contributed by atoms with Crippen LogP contribution in [-0.4, -0.2) is 28.3 Å². The highest BCUT2D eigenvalue weighted by molar-refractivity contribution is 5.91. The third kappa shape index (κ3) is 2.04. The Morgan fingerprint density at radius 2 is 2.09 bits per heavy atom. The monoisotopic (exact) mass is 297 g/mol. The minimum absolute atomic E-state index is 0.256. The van der Waals surface area contributed by atoms with Crippen LogP contribution in [0.15, 0.2) is 16.7 Å². The Kier molecular flexibility index (Phi) is 3.04. The molecule has 0 radical (unpaired) electrons. The van der Waals surface area contributed by atoms with Crippen molar-refractivity contribution in [3.05, 3.63) is 34.6 Å². The van der Waals surface area contributed by atoms with E-state index in [0.29, 0.717) is 12.5 Å². The first-order valence-electron chi connectivity index (χ1n) is 7.64. The van der Waals surface area contributed by atoms with E-state index in [1.54, 1.807) is 0 Å². The highest BCUT2D eigenvalue weighted by atomic mass is 16.5. The van der Waals surface area contributed by atoms with E-state index in [4.69, 9.17) is 9.26 Å². The first kappa shape index (κ1) is 13.5. The molecule has 1 fully saturated rings. The predicted molar refractivity (Wildman–Crippen MR) is 84.0 cm³/mol. The number of ether oxygens (including phenoxy) is 1. The van der Waals surface area contributed by atoms with E-state index in [0.717, 1.165) is 35.6 Å². The molecule has 1 N–H and O–H groups in total. The molecular weight excluding hydrogens is 278 g/mol. The molecule has 5 nitrogen and oxygen atoms in total. The number of aryl methyl sites for hydroxylation is 3. The third-order valence-corrected chi connectivity index (χ3v) is 4.46. The highest BCUT2D eigenvalue weighted by Gasteiger charge is 2.24. The lowest BCUT2D eigenvalue weighted by molar-refractivity contribution is 0.192. The zero-order valence-electron chi connectivity index (χ0n) is 13.1. The average Bonchev–Trinajstić information content (AvgIpc) is 3.19. The molecule has 1 aromatic carbocycles. The number of aromatic nitrogens is 3. The summed E-state index contributed by atoms with van der Waals surface area (Å²) < 4.78 is 10.9. The normalized spacial score (nSPS) is 18.4. The van der Waals surface area contributed by atoms with Gasteiger partial charge in [0.15, 0.2) is 5.82 Å². The Labute approximate surface area is 128 Å². The minimum Gasteiger partial charge on any atom is -0.381 e. The van der Waals surface area contributed by atoms with Gasteiger partial charge in [-0.2, -0.15) is 4.98 Å². The van der Waals surface area contributed by atoms with Crippen molar-refractivity contribution in [2.24, 2.45) is 0 Å². The summed E-state index contributed by atoms with van der Waals surface area (Å²) >= 11 is 0. The number of hydrogen-bond donors (Lipinski definition) is 1. The van der Waals surface area contributed by atoms with Crippen molar-refractivity contribution in [3.8, 4) is 11.6 Å². The van der Waals surface area contributed by atoms with Gasteiger partial charge in [0.25, 0.3) is 5.89 Å². The van der Waals surface area contributed by atoms with Crippen molar-refractivity contribution in [1.29, 1.82) is 0 Å². The number of rotatable bonds is 2. The van der Waals surface area contributed by atoms with Gasteiger partial charge in [0.05, 0.1) is 6.61 Å². The quantitative estimate of drug-likeness (QED) is 0.784. The number of hydrogen-bond acceptors (Lipinski definition) is 4. The average molecular weight is 297 g/mol. The van der Waals surface area contributed by atoms with E-state index < -0.39 is 0 Å². The van der Waals surface area contributed by atoms with Gasteiger partial charge < -0.3 is 14.2 Å². The van der Waals surface area contributed by atoms with Gasteiger partial charge in [0.1, 0.15) is 5.69 Å². The maximum absolute atomic E-state index is 5.50. The van der Waals surface area contributed by atoms with Crippen LogP contribution in [0.2, 0.25) is 0 Å². The van der Waals surface area contributed by atoms with Gasteiger partial charge >= 0.3 is 0 Å². The summed E-state index contributed by atoms with van der Waals surface area (Å²) in [7, 11) is 0. The first-order valence-corrected chi connectivity index (χ1v) is 7.64. The fourth-order valence-electron chi connectivity index (χ4n) is 3.24. The molecule has 5 heteroatoms. The summed E-state index contributed by atoms with van der Waals surface area (Å²) in [6.45, 7) is 7.78. The van der Waals surface area contributed by atoms with Crippen LogP contribution in [0.4, 0.5) is 0 Å². The minimum atomic E-state index is 0.256. The molecule has 0 unspecified atom stereocenters. The van der Waals surface area contributed by atoms with Crippen LogP contribution in [0, 0.1) is 20.8 Å². The van der Waals surface area contributed by atoms with Crippen molar-refractivity contribution >= 4 is 10.9 Å². The van der Waals surface area contributed by atoms with E-state index >= 15 is 0 Å². The zero-order valence-corrected chi connectivity index (χ0v) is 13.1. The number of nitrogens with zero attached hydrogens (tertiary/aromatic N) is 2. The molecule has 3 aromatic rings. The number of H-pyrrole nitrogens is 1. The second-order valence-electron chi connectivity index (χ2n) is 6.15. The van der Waals surface area contributed by atoms with Crippen LogP contribution in [0.3, 0.4) is 0 Å². The Balaban J connectivity index is 1.81. The number of nitrogens with one attached hydrogen (secondary N) is 1. The Morgan fingerprint density at radius 1 is 1.23 bits per heavy atom. The van der Waals surface area contributed by atoms with E-state index in [2.05, 4.69) is 48.0 Å². The topological polar surface area (TPSA) is 63.9 Å². The molecule has 3 heterocycles. The van der Waals surface area contributed by atoms with Crippen molar-refractivity contribution in [2.45, 2.75) is 33.1 Å². The van der Waals surface area contributed by atoms with Gasteiger partial charge in [-0.25, -0.2) is 0 Å². The second-order valence-corrected chi connectivity index (χ2v) is 6.15. The van der Waals surface area contributed by atoms with Crippen LogP contribution in [0.5, 0.6) is 0 Å². The van der Waals surface area contributed by atoms with Gasteiger partial charge in [-0.15, -0.1) is 0 Å². The largest absolute Gasteiger partial charge is 0.381 e. The molecule has 0 aliphatic carbocycles. The lowest BCUT2D eigenvalue weighted by atomic mass is 10.1. The maximum Gasteiger partial charge on any atom is 0.274 e. The lowest BCUT2D eigenvalue weighted by Crippen LogP contribution is -1.99. The fraction of sp³-hybridized carbons (Fsp3) is 0.412. The lowest BCUT2D eigenvalue weighted by Gasteiger charge is -1.99. The molecule has 0 amide bonds. The van der Waals surface area contributed by atoms with E-state index in [9.17, 15) is 0 Å². The standard InChI is InChI=1S/C17H19N3O2/c1-9-6-10(2)14-13(7-9)11(3)15(18-14)17-19-16(20-22-17)12-4-5-21-8-12/h6-7,12,18H,4-5,8H2,1-3H3/t12-/m0/s1. The van der Waals surface area contributed by atoms with Crippen LogP contribution < -0.4 is 0 Å². The summed E-state index contributed by atoms with van der Waals surface area (Å²) in [6.07, 6.45) is 0.961. The van der Waals surface area contributed by atoms with E-state index in [-0.39, 0.29) is 5.92 Å². The van der Waals surface area contributed by atoms with Crippen LogP contribution in [0.1, 0.15) is 34.9 Å². The first-order chi connectivity index (χ1) is 10.6. The molecule has 0 spiro atoms. The van der Waals surface area contributed by atoms with Crippen molar-refractivity contribution in [3.63, 3.8) is 0 Å². The summed E-state index contributed by atoms with van der Waals surface area (Å²) in [5.74, 6) is 1.57. The van der Waals surface area contributed by atoms with Crippen molar-refractivity contribution in [2.75, 3.05) is 13.2 Å². The van der Waals surface area contributed by atoms with Gasteiger partial charge in [-0.05, 0) is 44.4 Å². The molecule has 1 aliphatic rings. The molecule has 1 saturated heterocycles. The second kappa shape index (κ2) is 4.95. The van der Waals surface area contributed by atoms with Crippen LogP contribution in [0.25, 0.3) is 22.5 Å². The Bertz CT molecular complexity index is 841. The maximum atomic E-state index is 5.50.